The number of fused-ring (bicyclic) bond motifs is 2. The average Bonchev–Trinajstić information content (AvgIpc) is 3.80. The van der Waals surface area contributed by atoms with Gasteiger partial charge in [0.25, 0.3) is 5.91 Å². The lowest BCUT2D eigenvalue weighted by Gasteiger charge is -2.22. The fraction of sp³-hybridized carbons (Fsp3) is 0.394. The maximum absolute atomic E-state index is 12.9. The van der Waals surface area contributed by atoms with Crippen LogP contribution in [0, 0.1) is 12.8 Å². The van der Waals surface area contributed by atoms with E-state index in [-0.39, 0.29) is 12.0 Å². The van der Waals surface area contributed by atoms with Gasteiger partial charge in [0.05, 0.1) is 18.2 Å². The number of aromatic nitrogens is 4. The second-order valence-electron chi connectivity index (χ2n) is 11.5. The molecule has 228 valence electrons. The van der Waals surface area contributed by atoms with Gasteiger partial charge in [-0.1, -0.05) is 6.07 Å². The van der Waals surface area contributed by atoms with Gasteiger partial charge in [-0.15, -0.1) is 0 Å². The van der Waals surface area contributed by atoms with Crippen molar-refractivity contribution in [1.82, 2.24) is 25.3 Å². The predicted molar refractivity (Wildman–Crippen MR) is 167 cm³/mol. The predicted octanol–water partition coefficient (Wildman–Crippen LogP) is 6.30. The van der Waals surface area contributed by atoms with Gasteiger partial charge in [0, 0.05) is 44.0 Å². The molecule has 4 heterocycles. The van der Waals surface area contributed by atoms with Gasteiger partial charge in [0.1, 0.15) is 23.0 Å². The van der Waals surface area contributed by atoms with Crippen LogP contribution in [0.3, 0.4) is 0 Å². The van der Waals surface area contributed by atoms with E-state index in [0.717, 1.165) is 79.4 Å². The fourth-order valence-electron chi connectivity index (χ4n) is 6.09. The largest absolute Gasteiger partial charge is 0.495 e. The molecule has 1 saturated heterocycles. The quantitative estimate of drug-likeness (QED) is 0.179. The minimum atomic E-state index is -0.135. The van der Waals surface area contributed by atoms with Crippen LogP contribution in [-0.2, 0) is 4.74 Å². The average molecular weight is 597 g/mol. The lowest BCUT2D eigenvalue weighted by atomic mass is 10.0. The minimum absolute atomic E-state index is 0.0940. The minimum Gasteiger partial charge on any atom is -0.495 e. The highest BCUT2D eigenvalue weighted by Gasteiger charge is 2.23. The molecule has 11 nitrogen and oxygen atoms in total. The van der Waals surface area contributed by atoms with E-state index in [9.17, 15) is 4.79 Å². The number of benzene rings is 2. The van der Waals surface area contributed by atoms with Gasteiger partial charge in [-0.3, -0.25) is 4.79 Å². The summed E-state index contributed by atoms with van der Waals surface area (Å²) < 4.78 is 23.4. The molecule has 0 unspecified atom stereocenters. The Morgan fingerprint density at radius 1 is 1.05 bits per heavy atom. The number of methoxy groups -OCH3 is 1. The smallest absolute Gasteiger partial charge is 0.251 e. The number of oxazole rings is 1. The zero-order chi connectivity index (χ0) is 30.0. The first-order valence-corrected chi connectivity index (χ1v) is 15.3. The molecule has 11 heteroatoms. The van der Waals surface area contributed by atoms with Crippen LogP contribution in [0.5, 0.6) is 11.6 Å². The number of carbonyl (C=O) groups excluding carboxylic acids is 1. The van der Waals surface area contributed by atoms with Crippen molar-refractivity contribution in [2.24, 2.45) is 5.92 Å². The van der Waals surface area contributed by atoms with Crippen molar-refractivity contribution in [2.45, 2.75) is 51.6 Å². The first-order chi connectivity index (χ1) is 21.5. The second kappa shape index (κ2) is 12.2. The summed E-state index contributed by atoms with van der Waals surface area (Å²) in [5, 5.41) is 7.15. The molecule has 44 heavy (non-hydrogen) atoms. The zero-order valence-electron chi connectivity index (χ0n) is 24.9. The van der Waals surface area contributed by atoms with E-state index < -0.39 is 0 Å². The molecule has 5 aromatic rings. The summed E-state index contributed by atoms with van der Waals surface area (Å²) in [5.41, 5.74) is 5.21. The molecule has 2 aromatic carbocycles. The Kier molecular flexibility index (Phi) is 7.78. The Balaban J connectivity index is 1.18. The number of nitrogens with zero attached hydrogens (tertiary/aromatic N) is 3. The number of hydrogen-bond donors (Lipinski definition) is 3. The molecule has 1 aliphatic carbocycles. The Hall–Kier alpha value is -4.64. The highest BCUT2D eigenvalue weighted by molar-refractivity contribution is 5.99. The maximum Gasteiger partial charge on any atom is 0.251 e. The summed E-state index contributed by atoms with van der Waals surface area (Å²) in [5.74, 6) is 2.30. The number of ether oxygens (including phenoxy) is 3. The number of aryl methyl sites for hydroxylation is 1. The molecule has 0 bridgehead atoms. The third-order valence-corrected chi connectivity index (χ3v) is 8.49. The van der Waals surface area contributed by atoms with Crippen LogP contribution in [0.1, 0.15) is 54.8 Å². The number of amides is 1. The summed E-state index contributed by atoms with van der Waals surface area (Å²) in [4.78, 5) is 30.3. The van der Waals surface area contributed by atoms with Gasteiger partial charge in [-0.05, 0) is 80.3 Å². The lowest BCUT2D eigenvalue weighted by Crippen LogP contribution is -2.32. The number of carbonyl (C=O) groups is 1. The van der Waals surface area contributed by atoms with Crippen LogP contribution in [0.25, 0.3) is 33.3 Å². The number of hydrogen-bond acceptors (Lipinski definition) is 9. The number of rotatable bonds is 9. The van der Waals surface area contributed by atoms with Gasteiger partial charge < -0.3 is 34.2 Å². The highest BCUT2D eigenvalue weighted by Crippen LogP contribution is 2.38. The van der Waals surface area contributed by atoms with Crippen molar-refractivity contribution in [1.29, 1.82) is 0 Å². The molecule has 2 aliphatic rings. The van der Waals surface area contributed by atoms with E-state index in [1.807, 2.05) is 37.4 Å². The van der Waals surface area contributed by atoms with E-state index in [1.165, 1.54) is 0 Å². The summed E-state index contributed by atoms with van der Waals surface area (Å²) in [6.07, 6.45) is 8.19. The topological polar surface area (TPSA) is 136 Å². The molecule has 1 saturated carbocycles. The van der Waals surface area contributed by atoms with Crippen molar-refractivity contribution >= 4 is 39.7 Å². The van der Waals surface area contributed by atoms with Crippen LogP contribution in [0.4, 0.5) is 11.6 Å². The third-order valence-electron chi connectivity index (χ3n) is 8.49. The van der Waals surface area contributed by atoms with E-state index in [4.69, 9.17) is 28.6 Å². The molecule has 7 rings (SSSR count). The SMILES string of the molecule is COc1cc(C(=O)NCC2CCOCC2)ccc1Nc1nc(OC2CCCC2)c2c(-c3ccc4nc(C)oc4c3)c[nH]c2n1. The van der Waals surface area contributed by atoms with Gasteiger partial charge in [0.2, 0.25) is 11.8 Å². The zero-order valence-corrected chi connectivity index (χ0v) is 24.9. The Bertz CT molecular complexity index is 1800. The van der Waals surface area contributed by atoms with Crippen LogP contribution in [0.15, 0.2) is 47.0 Å². The molecule has 1 amide bonds. The molecule has 0 atom stereocenters. The van der Waals surface area contributed by atoms with Gasteiger partial charge in [-0.2, -0.15) is 9.97 Å². The normalized spacial score (nSPS) is 16.0. The second-order valence-corrected chi connectivity index (χ2v) is 11.5. The Labute approximate surface area is 254 Å². The van der Waals surface area contributed by atoms with Crippen LogP contribution >= 0.6 is 0 Å². The van der Waals surface area contributed by atoms with E-state index in [0.29, 0.717) is 52.8 Å². The van der Waals surface area contributed by atoms with Crippen LogP contribution in [-0.4, -0.2) is 58.8 Å². The maximum atomic E-state index is 12.9. The first kappa shape index (κ1) is 28.1. The number of anilines is 2. The van der Waals surface area contributed by atoms with E-state index in [2.05, 4.69) is 20.6 Å². The van der Waals surface area contributed by atoms with Crippen molar-refractivity contribution in [3.63, 3.8) is 0 Å². The Morgan fingerprint density at radius 2 is 1.89 bits per heavy atom. The molecule has 2 fully saturated rings. The first-order valence-electron chi connectivity index (χ1n) is 15.3. The monoisotopic (exact) mass is 596 g/mol. The molecule has 3 aromatic heterocycles. The van der Waals surface area contributed by atoms with Crippen molar-refractivity contribution in [3.8, 4) is 22.8 Å². The van der Waals surface area contributed by atoms with Crippen molar-refractivity contribution in [3.05, 3.63) is 54.0 Å². The van der Waals surface area contributed by atoms with E-state index in [1.54, 1.807) is 19.2 Å². The summed E-state index contributed by atoms with van der Waals surface area (Å²) in [6.45, 7) is 3.97. The standard InChI is InChI=1S/C33H36N6O5/c1-19-36-26-9-7-21(15-28(26)43-19)24-18-34-30-29(24)32(44-23-5-3-4-6-23)39-33(38-30)37-25-10-8-22(16-27(25)41-2)31(40)35-17-20-11-13-42-14-12-20/h7-10,15-16,18,20,23H,3-6,11-14,17H2,1-2H3,(H,35,40)(H2,34,37,38,39). The highest BCUT2D eigenvalue weighted by atomic mass is 16.5. The fourth-order valence-corrected chi connectivity index (χ4v) is 6.09. The van der Waals surface area contributed by atoms with Crippen LogP contribution < -0.4 is 20.1 Å². The molecular weight excluding hydrogens is 560 g/mol. The number of aromatic amines is 1. The molecular formula is C33H36N6O5. The van der Waals surface area contributed by atoms with E-state index >= 15 is 0 Å². The summed E-state index contributed by atoms with van der Waals surface area (Å²) in [7, 11) is 1.58. The van der Waals surface area contributed by atoms with Crippen molar-refractivity contribution < 1.29 is 23.4 Å². The van der Waals surface area contributed by atoms with Gasteiger partial charge in [-0.25, -0.2) is 4.98 Å². The molecule has 3 N–H and O–H groups in total. The molecule has 1 aliphatic heterocycles. The molecule has 0 spiro atoms. The number of H-pyrrole nitrogens is 1. The lowest BCUT2D eigenvalue weighted by molar-refractivity contribution is 0.0642. The van der Waals surface area contributed by atoms with Gasteiger partial charge >= 0.3 is 0 Å². The van der Waals surface area contributed by atoms with Crippen molar-refractivity contribution in [2.75, 3.05) is 32.2 Å². The third kappa shape index (κ3) is 5.79. The summed E-state index contributed by atoms with van der Waals surface area (Å²) >= 11 is 0. The summed E-state index contributed by atoms with van der Waals surface area (Å²) in [6, 6.07) is 11.3. The number of nitrogens with one attached hydrogen (secondary N) is 3. The Morgan fingerprint density at radius 3 is 2.70 bits per heavy atom. The molecule has 0 radical (unpaired) electrons. The van der Waals surface area contributed by atoms with Gasteiger partial charge in [0.15, 0.2) is 11.5 Å². The van der Waals surface area contributed by atoms with Crippen LogP contribution in [0.2, 0.25) is 0 Å².